The molecule has 0 aromatic heterocycles. The van der Waals surface area contributed by atoms with Crippen LogP contribution in [0.4, 0.5) is 0 Å². The minimum Gasteiger partial charge on any atom is -0.459 e. The Bertz CT molecular complexity index is 919. The number of esters is 1. The lowest BCUT2D eigenvalue weighted by Gasteiger charge is -2.45. The second-order valence-electron chi connectivity index (χ2n) is 13.5. The van der Waals surface area contributed by atoms with E-state index in [0.717, 1.165) is 25.7 Å². The number of allylic oxidation sites excluding steroid dienone is 2. The molecule has 4 aliphatic rings. The van der Waals surface area contributed by atoms with Crippen molar-refractivity contribution in [3.8, 4) is 0 Å². The van der Waals surface area contributed by atoms with Crippen molar-refractivity contribution in [2.45, 2.75) is 110 Å². The zero-order valence-electron chi connectivity index (χ0n) is 24.0. The third-order valence-electron chi connectivity index (χ3n) is 11.2. The van der Waals surface area contributed by atoms with E-state index in [1.54, 1.807) is 7.11 Å². The maximum absolute atomic E-state index is 11.7. The first-order chi connectivity index (χ1) is 17.2. The van der Waals surface area contributed by atoms with Gasteiger partial charge in [-0.25, -0.2) is 0 Å². The van der Waals surface area contributed by atoms with Crippen LogP contribution in [0.15, 0.2) is 23.8 Å². The molecule has 0 saturated heterocycles. The number of aliphatic hydroxyl groups is 3. The molecule has 4 saturated carbocycles. The summed E-state index contributed by atoms with van der Waals surface area (Å²) in [6.45, 7) is 11.5. The number of carbonyl (C=O) groups is 1. The summed E-state index contributed by atoms with van der Waals surface area (Å²) >= 11 is 0. The highest BCUT2D eigenvalue weighted by molar-refractivity contribution is 5.66. The highest BCUT2D eigenvalue weighted by Gasteiger charge is 2.78. The number of methoxy groups -OCH3 is 1. The molecule has 4 rings (SSSR count). The predicted molar refractivity (Wildman–Crippen MR) is 144 cm³/mol. The van der Waals surface area contributed by atoms with Crippen molar-refractivity contribution in [2.24, 2.45) is 40.4 Å². The third kappa shape index (κ3) is 4.74. The lowest BCUT2D eigenvalue weighted by atomic mass is 9.60. The normalized spacial score (nSPS) is 42.9. The van der Waals surface area contributed by atoms with Gasteiger partial charge in [-0.1, -0.05) is 44.6 Å². The monoisotopic (exact) mass is 518 g/mol. The van der Waals surface area contributed by atoms with E-state index in [0.29, 0.717) is 24.2 Å². The van der Waals surface area contributed by atoms with Crippen LogP contribution in [0.5, 0.6) is 0 Å². The zero-order chi connectivity index (χ0) is 27.4. The number of carbonyl (C=O) groups excluding carboxylic acids is 1. The number of hydrogen-bond donors (Lipinski definition) is 3. The summed E-state index contributed by atoms with van der Waals surface area (Å²) in [7, 11) is 1.69. The molecule has 0 aliphatic heterocycles. The Kier molecular flexibility index (Phi) is 7.84. The number of fused-ring (bicyclic) bond motifs is 2. The molecule has 6 heteroatoms. The summed E-state index contributed by atoms with van der Waals surface area (Å²) in [5.41, 5.74) is -1.19. The van der Waals surface area contributed by atoms with Crippen molar-refractivity contribution in [1.29, 1.82) is 0 Å². The molecule has 0 amide bonds. The molecule has 10 atom stereocenters. The molecule has 4 aliphatic carbocycles. The average Bonchev–Trinajstić information content (AvgIpc) is 3.35. The Morgan fingerprint density at radius 3 is 2.54 bits per heavy atom. The highest BCUT2D eigenvalue weighted by atomic mass is 16.6. The number of aliphatic hydroxyl groups excluding tert-OH is 1. The molecule has 37 heavy (non-hydrogen) atoms. The molecule has 0 aromatic rings. The van der Waals surface area contributed by atoms with Crippen LogP contribution < -0.4 is 0 Å². The van der Waals surface area contributed by atoms with Crippen LogP contribution >= 0.6 is 0 Å². The van der Waals surface area contributed by atoms with Crippen molar-refractivity contribution in [3.05, 3.63) is 23.8 Å². The van der Waals surface area contributed by atoms with Crippen molar-refractivity contribution in [1.82, 2.24) is 0 Å². The molecular formula is C31H50O6. The fraction of sp³-hybridized carbons (Fsp3) is 0.839. The summed E-state index contributed by atoms with van der Waals surface area (Å²) < 4.78 is 11.5. The van der Waals surface area contributed by atoms with Crippen LogP contribution in [-0.4, -0.2) is 58.4 Å². The van der Waals surface area contributed by atoms with Crippen molar-refractivity contribution in [2.75, 3.05) is 13.7 Å². The van der Waals surface area contributed by atoms with Gasteiger partial charge < -0.3 is 24.8 Å². The van der Waals surface area contributed by atoms with Crippen LogP contribution in [-0.2, 0) is 14.3 Å². The van der Waals surface area contributed by atoms with E-state index in [4.69, 9.17) is 9.47 Å². The molecule has 0 aromatic carbocycles. The standard InChI is InChI=1S/C31H50O6/c1-19(10-11-20(2)28(4,5)34)24-12-13-25-22(9-8-14-29(24,25)6)15-26(36-7)30-17-23(30)16-27(37-21(3)33)31(30,35)18-32/h10-11,15,19-20,23-27,32,34-35H,8-9,12-14,16-18H2,1-7H3/b11-10+,22-15+/t19-,20+,23?,24-,25+,26?,27+,29-,30?,31?/m1/s1. The van der Waals surface area contributed by atoms with Gasteiger partial charge in [0.25, 0.3) is 0 Å². The van der Waals surface area contributed by atoms with Crippen LogP contribution in [0.2, 0.25) is 0 Å². The van der Waals surface area contributed by atoms with Gasteiger partial charge in [0.1, 0.15) is 11.7 Å². The van der Waals surface area contributed by atoms with E-state index < -0.39 is 35.3 Å². The van der Waals surface area contributed by atoms with E-state index >= 15 is 0 Å². The number of ether oxygens (including phenoxy) is 2. The summed E-state index contributed by atoms with van der Waals surface area (Å²) in [6.07, 6.45) is 12.8. The lowest BCUT2D eigenvalue weighted by molar-refractivity contribution is -0.184. The van der Waals surface area contributed by atoms with Gasteiger partial charge in [-0.2, -0.15) is 0 Å². The second-order valence-corrected chi connectivity index (χ2v) is 13.5. The Labute approximate surface area is 223 Å². The van der Waals surface area contributed by atoms with E-state index in [-0.39, 0.29) is 23.4 Å². The molecule has 0 bridgehead atoms. The fourth-order valence-electron chi connectivity index (χ4n) is 8.59. The molecular weight excluding hydrogens is 468 g/mol. The molecule has 210 valence electrons. The topological polar surface area (TPSA) is 96.2 Å². The fourth-order valence-corrected chi connectivity index (χ4v) is 8.59. The first kappa shape index (κ1) is 28.8. The maximum Gasteiger partial charge on any atom is 0.303 e. The van der Waals surface area contributed by atoms with Gasteiger partial charge in [0.15, 0.2) is 0 Å². The number of hydrogen-bond acceptors (Lipinski definition) is 6. The molecule has 4 fully saturated rings. The molecule has 0 spiro atoms. The summed E-state index contributed by atoms with van der Waals surface area (Å²) in [4.78, 5) is 11.7. The molecule has 4 unspecified atom stereocenters. The third-order valence-corrected chi connectivity index (χ3v) is 11.2. The van der Waals surface area contributed by atoms with Gasteiger partial charge in [0, 0.05) is 25.4 Å². The predicted octanol–water partition coefficient (Wildman–Crippen LogP) is 4.81. The maximum atomic E-state index is 11.7. The van der Waals surface area contributed by atoms with E-state index in [1.807, 2.05) is 13.8 Å². The average molecular weight is 519 g/mol. The van der Waals surface area contributed by atoms with Crippen LogP contribution in [0.25, 0.3) is 0 Å². The Morgan fingerprint density at radius 2 is 1.95 bits per heavy atom. The van der Waals surface area contributed by atoms with Crippen molar-refractivity contribution < 1.29 is 29.6 Å². The summed E-state index contributed by atoms with van der Waals surface area (Å²) in [6, 6.07) is 0. The van der Waals surface area contributed by atoms with Crippen LogP contribution in [0, 0.1) is 40.4 Å². The summed E-state index contributed by atoms with van der Waals surface area (Å²) in [5, 5.41) is 32.3. The van der Waals surface area contributed by atoms with E-state index in [1.165, 1.54) is 25.3 Å². The molecule has 3 N–H and O–H groups in total. The van der Waals surface area contributed by atoms with Gasteiger partial charge in [-0.15, -0.1) is 0 Å². The van der Waals surface area contributed by atoms with Crippen LogP contribution in [0.3, 0.4) is 0 Å². The minimum atomic E-state index is -1.49. The highest BCUT2D eigenvalue weighted by Crippen LogP contribution is 2.71. The second kappa shape index (κ2) is 10.1. The Morgan fingerprint density at radius 1 is 1.24 bits per heavy atom. The Balaban J connectivity index is 1.56. The first-order valence-electron chi connectivity index (χ1n) is 14.4. The van der Waals surface area contributed by atoms with E-state index in [2.05, 4.69) is 39.0 Å². The van der Waals surface area contributed by atoms with E-state index in [9.17, 15) is 20.1 Å². The first-order valence-corrected chi connectivity index (χ1v) is 14.4. The Hall–Kier alpha value is -1.21. The minimum absolute atomic E-state index is 0.0995. The summed E-state index contributed by atoms with van der Waals surface area (Å²) in [5.74, 6) is 1.33. The van der Waals surface area contributed by atoms with Crippen LogP contribution in [0.1, 0.15) is 86.5 Å². The molecule has 6 nitrogen and oxygen atoms in total. The largest absolute Gasteiger partial charge is 0.459 e. The zero-order valence-corrected chi connectivity index (χ0v) is 24.0. The quantitative estimate of drug-likeness (QED) is 0.300. The van der Waals surface area contributed by atoms with Gasteiger partial charge in [0.2, 0.25) is 0 Å². The SMILES string of the molecule is COC(/C=C1\CCC[C@]2(C)[C@@H]([C@H](C)/C=C/[C@H](C)C(C)(C)O)CC[C@@H]12)C12CC1C[C@H](OC(C)=O)C2(O)CO. The molecule has 0 heterocycles. The molecule has 0 radical (unpaired) electrons. The van der Waals surface area contributed by atoms with Gasteiger partial charge in [-0.3, -0.25) is 4.79 Å². The van der Waals surface area contributed by atoms with Gasteiger partial charge >= 0.3 is 5.97 Å². The smallest absolute Gasteiger partial charge is 0.303 e. The van der Waals surface area contributed by atoms with Crippen molar-refractivity contribution in [3.63, 3.8) is 0 Å². The lowest BCUT2D eigenvalue weighted by Crippen LogP contribution is -2.55. The van der Waals surface area contributed by atoms with Gasteiger partial charge in [-0.05, 0) is 87.9 Å². The van der Waals surface area contributed by atoms with Crippen molar-refractivity contribution >= 4 is 5.97 Å². The van der Waals surface area contributed by atoms with Gasteiger partial charge in [0.05, 0.1) is 18.3 Å². The number of rotatable bonds is 9.